The summed E-state index contributed by atoms with van der Waals surface area (Å²) in [5.41, 5.74) is 4.08. The van der Waals surface area contributed by atoms with Gasteiger partial charge in [0, 0.05) is 30.8 Å². The summed E-state index contributed by atoms with van der Waals surface area (Å²) in [6.07, 6.45) is 2.78. The monoisotopic (exact) mass is 437 g/mol. The first-order chi connectivity index (χ1) is 15.0. The molecular weight excluding hydrogens is 410 g/mol. The molecule has 3 aromatic rings. The van der Waals surface area contributed by atoms with Gasteiger partial charge in [0.05, 0.1) is 12.8 Å². The van der Waals surface area contributed by atoms with Crippen LogP contribution in [-0.4, -0.2) is 30.5 Å². The number of nitrogens with zero attached hydrogens (tertiary/aromatic N) is 1. The van der Waals surface area contributed by atoms with Gasteiger partial charge in [-0.25, -0.2) is 4.98 Å². The van der Waals surface area contributed by atoms with Crippen LogP contribution in [0.5, 0.6) is 5.75 Å². The molecule has 0 aliphatic carbocycles. The Bertz CT molecular complexity index is 1010. The van der Waals surface area contributed by atoms with Crippen molar-refractivity contribution in [3.05, 3.63) is 65.0 Å². The topological polar surface area (TPSA) is 80.3 Å². The molecule has 2 aromatic carbocycles. The minimum absolute atomic E-state index is 0.00145. The number of hydrogen-bond donors (Lipinski definition) is 2. The zero-order valence-corrected chi connectivity index (χ0v) is 18.6. The van der Waals surface area contributed by atoms with E-state index >= 15 is 0 Å². The van der Waals surface area contributed by atoms with Gasteiger partial charge < -0.3 is 15.4 Å². The number of aromatic nitrogens is 1. The largest absolute Gasteiger partial charge is 0.496 e. The zero-order valence-electron chi connectivity index (χ0n) is 17.8. The molecular formula is C24H27N3O3S. The summed E-state index contributed by atoms with van der Waals surface area (Å²) in [6, 6.07) is 16.0. The number of benzene rings is 2. The summed E-state index contributed by atoms with van der Waals surface area (Å²) in [7, 11) is 1.63. The quantitative estimate of drug-likeness (QED) is 0.459. The van der Waals surface area contributed by atoms with E-state index in [-0.39, 0.29) is 11.8 Å². The molecule has 7 heteroatoms. The molecule has 2 N–H and O–H groups in total. The number of ether oxygens (including phenoxy) is 1. The molecule has 0 bridgehead atoms. The van der Waals surface area contributed by atoms with Crippen LogP contribution in [0.15, 0.2) is 53.9 Å². The molecule has 0 atom stereocenters. The van der Waals surface area contributed by atoms with Crippen molar-refractivity contribution in [2.75, 3.05) is 19.0 Å². The summed E-state index contributed by atoms with van der Waals surface area (Å²) in [5.74, 6) is 0.730. The van der Waals surface area contributed by atoms with Crippen LogP contribution in [0.3, 0.4) is 0 Å². The second-order valence-corrected chi connectivity index (χ2v) is 8.04. The highest BCUT2D eigenvalue weighted by molar-refractivity contribution is 7.14. The molecule has 0 aliphatic rings. The summed E-state index contributed by atoms with van der Waals surface area (Å²) in [5, 5.41) is 8.24. The van der Waals surface area contributed by atoms with Gasteiger partial charge in [-0.1, -0.05) is 42.5 Å². The average Bonchev–Trinajstić information content (AvgIpc) is 3.24. The van der Waals surface area contributed by atoms with Crippen molar-refractivity contribution >= 4 is 28.3 Å². The Morgan fingerprint density at radius 1 is 1.06 bits per heavy atom. The Balaban J connectivity index is 1.50. The molecule has 0 saturated heterocycles. The minimum Gasteiger partial charge on any atom is -0.496 e. The van der Waals surface area contributed by atoms with Gasteiger partial charge in [0.1, 0.15) is 5.75 Å². The number of hydrogen-bond acceptors (Lipinski definition) is 5. The van der Waals surface area contributed by atoms with Crippen LogP contribution in [0.25, 0.3) is 11.3 Å². The second kappa shape index (κ2) is 11.3. The van der Waals surface area contributed by atoms with E-state index in [2.05, 4.69) is 27.8 Å². The van der Waals surface area contributed by atoms with E-state index in [0.29, 0.717) is 24.5 Å². The molecule has 0 fully saturated rings. The number of aryl methyl sites for hydroxylation is 2. The Hall–Kier alpha value is -3.19. The van der Waals surface area contributed by atoms with Crippen LogP contribution in [0.1, 0.15) is 30.9 Å². The Labute approximate surface area is 186 Å². The first kappa shape index (κ1) is 22.5. The number of carbonyl (C=O) groups is 2. The lowest BCUT2D eigenvalue weighted by Crippen LogP contribution is -2.21. The predicted molar refractivity (Wildman–Crippen MR) is 124 cm³/mol. The number of nitrogens with one attached hydrogen (secondary N) is 2. The van der Waals surface area contributed by atoms with Gasteiger partial charge in [0.15, 0.2) is 5.13 Å². The minimum atomic E-state index is -0.0682. The van der Waals surface area contributed by atoms with Crippen molar-refractivity contribution in [3.8, 4) is 17.0 Å². The highest BCUT2D eigenvalue weighted by Crippen LogP contribution is 2.26. The van der Waals surface area contributed by atoms with Crippen molar-refractivity contribution in [3.63, 3.8) is 0 Å². The van der Waals surface area contributed by atoms with Crippen LogP contribution in [0.2, 0.25) is 0 Å². The first-order valence-corrected chi connectivity index (χ1v) is 11.1. The van der Waals surface area contributed by atoms with E-state index in [1.165, 1.54) is 23.8 Å². The number of rotatable bonds is 10. The lowest BCUT2D eigenvalue weighted by molar-refractivity contribution is -0.119. The average molecular weight is 438 g/mol. The number of amides is 2. The van der Waals surface area contributed by atoms with E-state index < -0.39 is 0 Å². The lowest BCUT2D eigenvalue weighted by Gasteiger charge is -2.07. The highest BCUT2D eigenvalue weighted by Gasteiger charge is 2.10. The van der Waals surface area contributed by atoms with Crippen LogP contribution in [0.4, 0.5) is 5.13 Å². The van der Waals surface area contributed by atoms with E-state index in [1.54, 1.807) is 7.11 Å². The molecule has 1 aromatic heterocycles. The fourth-order valence-electron chi connectivity index (χ4n) is 3.20. The van der Waals surface area contributed by atoms with Crippen molar-refractivity contribution < 1.29 is 14.3 Å². The maximum atomic E-state index is 12.3. The molecule has 31 heavy (non-hydrogen) atoms. The fraction of sp³-hybridized carbons (Fsp3) is 0.292. The molecule has 0 aliphatic heterocycles. The van der Waals surface area contributed by atoms with E-state index in [9.17, 15) is 9.59 Å². The Morgan fingerprint density at radius 3 is 2.58 bits per heavy atom. The molecule has 3 rings (SSSR count). The SMILES string of the molecule is COc1ccccc1CCC(=O)Nc1nc(-c2ccc(CCCNC(C)=O)cc2)cs1. The zero-order chi connectivity index (χ0) is 22.1. The lowest BCUT2D eigenvalue weighted by atomic mass is 10.1. The van der Waals surface area contributed by atoms with Gasteiger partial charge in [-0.3, -0.25) is 9.59 Å². The maximum absolute atomic E-state index is 12.3. The highest BCUT2D eigenvalue weighted by atomic mass is 32.1. The van der Waals surface area contributed by atoms with E-state index in [1.807, 2.05) is 41.8 Å². The predicted octanol–water partition coefficient (Wildman–Crippen LogP) is 4.46. The number of methoxy groups -OCH3 is 1. The van der Waals surface area contributed by atoms with Crippen molar-refractivity contribution in [2.45, 2.75) is 32.6 Å². The summed E-state index contributed by atoms with van der Waals surface area (Å²) in [6.45, 7) is 2.21. The van der Waals surface area contributed by atoms with E-state index in [0.717, 1.165) is 35.4 Å². The normalized spacial score (nSPS) is 10.5. The van der Waals surface area contributed by atoms with Crippen LogP contribution >= 0.6 is 11.3 Å². The molecule has 6 nitrogen and oxygen atoms in total. The molecule has 0 unspecified atom stereocenters. The number of para-hydroxylation sites is 1. The van der Waals surface area contributed by atoms with Gasteiger partial charge in [0.2, 0.25) is 11.8 Å². The second-order valence-electron chi connectivity index (χ2n) is 7.18. The van der Waals surface area contributed by atoms with Crippen molar-refractivity contribution in [2.24, 2.45) is 0 Å². The third-order valence-electron chi connectivity index (χ3n) is 4.83. The molecule has 0 spiro atoms. The summed E-state index contributed by atoms with van der Waals surface area (Å²) >= 11 is 1.42. The van der Waals surface area contributed by atoms with E-state index in [4.69, 9.17) is 4.74 Å². The first-order valence-electron chi connectivity index (χ1n) is 10.3. The standard InChI is InChI=1S/C24H27N3O3S/c1-17(28)25-15-5-6-18-9-11-19(12-10-18)21-16-31-24(26-21)27-23(29)14-13-20-7-3-4-8-22(20)30-2/h3-4,7-12,16H,5-6,13-15H2,1-2H3,(H,25,28)(H,26,27,29). The third kappa shape index (κ3) is 6.93. The maximum Gasteiger partial charge on any atom is 0.226 e. The fourth-order valence-corrected chi connectivity index (χ4v) is 3.94. The molecule has 1 heterocycles. The molecule has 162 valence electrons. The Morgan fingerprint density at radius 2 is 1.84 bits per heavy atom. The number of carbonyl (C=O) groups excluding carboxylic acids is 2. The molecule has 0 saturated carbocycles. The van der Waals surface area contributed by atoms with Crippen LogP contribution < -0.4 is 15.4 Å². The van der Waals surface area contributed by atoms with Gasteiger partial charge in [-0.2, -0.15) is 0 Å². The molecule has 0 radical (unpaired) electrons. The van der Waals surface area contributed by atoms with Gasteiger partial charge >= 0.3 is 0 Å². The van der Waals surface area contributed by atoms with Crippen LogP contribution in [-0.2, 0) is 22.4 Å². The molecule has 2 amide bonds. The smallest absolute Gasteiger partial charge is 0.226 e. The summed E-state index contributed by atoms with van der Waals surface area (Å²) in [4.78, 5) is 27.8. The summed E-state index contributed by atoms with van der Waals surface area (Å²) < 4.78 is 5.33. The van der Waals surface area contributed by atoms with Crippen molar-refractivity contribution in [1.29, 1.82) is 0 Å². The number of anilines is 1. The van der Waals surface area contributed by atoms with Gasteiger partial charge in [0.25, 0.3) is 0 Å². The van der Waals surface area contributed by atoms with Gasteiger partial charge in [-0.15, -0.1) is 11.3 Å². The van der Waals surface area contributed by atoms with Crippen LogP contribution in [0, 0.1) is 0 Å². The number of thiazole rings is 1. The Kier molecular flexibility index (Phi) is 8.18. The van der Waals surface area contributed by atoms with Gasteiger partial charge in [-0.05, 0) is 36.5 Å². The van der Waals surface area contributed by atoms with Crippen molar-refractivity contribution in [1.82, 2.24) is 10.3 Å². The third-order valence-corrected chi connectivity index (χ3v) is 5.59.